The zero-order valence-corrected chi connectivity index (χ0v) is 12.5. The number of alkyl halides is 1. The Balaban J connectivity index is 1.87. The van der Waals surface area contributed by atoms with E-state index < -0.39 is 0 Å². The molecule has 0 fully saturated rings. The lowest BCUT2D eigenvalue weighted by Gasteiger charge is -2.08. The van der Waals surface area contributed by atoms with Gasteiger partial charge in [-0.05, 0) is 30.2 Å². The molecule has 2 aromatic carbocycles. The summed E-state index contributed by atoms with van der Waals surface area (Å²) in [7, 11) is 0. The molecule has 0 saturated carbocycles. The lowest BCUT2D eigenvalue weighted by atomic mass is 10.0. The molecule has 0 aliphatic heterocycles. The van der Waals surface area contributed by atoms with Crippen molar-refractivity contribution in [2.24, 2.45) is 0 Å². The maximum absolute atomic E-state index is 5.90. The Hall–Kier alpha value is -1.25. The van der Waals surface area contributed by atoms with Crippen LogP contribution in [0.2, 0.25) is 5.02 Å². The van der Waals surface area contributed by atoms with Crippen LogP contribution in [0.5, 0.6) is 0 Å². The summed E-state index contributed by atoms with van der Waals surface area (Å²) in [5.41, 5.74) is 3.36. The average molecular weight is 336 g/mol. The van der Waals surface area contributed by atoms with Gasteiger partial charge in [-0.1, -0.05) is 57.9 Å². The SMILES string of the molecule is Clc1ccc(CC(Br)c2coc3ccccc23)cc1. The second kappa shape index (κ2) is 5.40. The van der Waals surface area contributed by atoms with Crippen LogP contribution in [0.4, 0.5) is 0 Å². The van der Waals surface area contributed by atoms with Gasteiger partial charge in [-0.25, -0.2) is 0 Å². The number of para-hydroxylation sites is 1. The molecule has 0 radical (unpaired) electrons. The Morgan fingerprint density at radius 3 is 2.58 bits per heavy atom. The van der Waals surface area contributed by atoms with Crippen LogP contribution in [0.1, 0.15) is 16.0 Å². The van der Waals surface area contributed by atoms with Gasteiger partial charge in [0, 0.05) is 20.8 Å². The maximum atomic E-state index is 5.90. The van der Waals surface area contributed by atoms with Gasteiger partial charge < -0.3 is 4.42 Å². The zero-order chi connectivity index (χ0) is 13.2. The molecule has 0 aliphatic rings. The molecular formula is C16H12BrClO. The Bertz CT molecular complexity index is 687. The summed E-state index contributed by atoms with van der Waals surface area (Å²) >= 11 is 9.65. The molecule has 1 unspecified atom stereocenters. The van der Waals surface area contributed by atoms with E-state index in [0.29, 0.717) is 0 Å². The number of benzene rings is 2. The highest BCUT2D eigenvalue weighted by Gasteiger charge is 2.14. The summed E-state index contributed by atoms with van der Waals surface area (Å²) in [6.45, 7) is 0. The Kier molecular flexibility index (Phi) is 3.63. The zero-order valence-electron chi connectivity index (χ0n) is 10.1. The van der Waals surface area contributed by atoms with Crippen molar-refractivity contribution in [3.05, 3.63) is 70.9 Å². The molecule has 19 heavy (non-hydrogen) atoms. The molecule has 1 aromatic heterocycles. The first-order valence-electron chi connectivity index (χ1n) is 6.08. The Morgan fingerprint density at radius 1 is 1.05 bits per heavy atom. The third-order valence-corrected chi connectivity index (χ3v) is 4.25. The molecule has 1 heterocycles. The summed E-state index contributed by atoms with van der Waals surface area (Å²) < 4.78 is 5.58. The summed E-state index contributed by atoms with van der Waals surface area (Å²) in [6.07, 6.45) is 2.74. The van der Waals surface area contributed by atoms with Crippen LogP contribution in [-0.2, 0) is 6.42 Å². The standard InChI is InChI=1S/C16H12BrClO/c17-15(9-11-5-7-12(18)8-6-11)14-10-19-16-4-2-1-3-13(14)16/h1-8,10,15H,9H2. The first kappa shape index (κ1) is 12.8. The van der Waals surface area contributed by atoms with Gasteiger partial charge in [-0.3, -0.25) is 0 Å². The van der Waals surface area contributed by atoms with E-state index in [1.54, 1.807) is 0 Å². The van der Waals surface area contributed by atoms with E-state index in [-0.39, 0.29) is 4.83 Å². The predicted octanol–water partition coefficient (Wildman–Crippen LogP) is 5.76. The number of halogens is 2. The van der Waals surface area contributed by atoms with Crippen molar-refractivity contribution in [3.63, 3.8) is 0 Å². The fraction of sp³-hybridized carbons (Fsp3) is 0.125. The molecule has 0 amide bonds. The molecule has 1 atom stereocenters. The van der Waals surface area contributed by atoms with Gasteiger partial charge >= 0.3 is 0 Å². The minimum atomic E-state index is 0.234. The number of rotatable bonds is 3. The third kappa shape index (κ3) is 2.70. The largest absolute Gasteiger partial charge is 0.464 e. The maximum Gasteiger partial charge on any atom is 0.134 e. The van der Waals surface area contributed by atoms with Crippen molar-refractivity contribution in [3.8, 4) is 0 Å². The first-order valence-corrected chi connectivity index (χ1v) is 7.38. The monoisotopic (exact) mass is 334 g/mol. The van der Waals surface area contributed by atoms with Crippen molar-refractivity contribution in [2.45, 2.75) is 11.2 Å². The smallest absolute Gasteiger partial charge is 0.134 e. The summed E-state index contributed by atoms with van der Waals surface area (Å²) in [5, 5.41) is 1.93. The quantitative estimate of drug-likeness (QED) is 0.554. The van der Waals surface area contributed by atoms with E-state index in [2.05, 4.69) is 34.1 Å². The normalized spacial score (nSPS) is 12.7. The Morgan fingerprint density at radius 2 is 1.79 bits per heavy atom. The van der Waals surface area contributed by atoms with Crippen LogP contribution in [0.15, 0.2) is 59.2 Å². The van der Waals surface area contributed by atoms with Gasteiger partial charge in [0.25, 0.3) is 0 Å². The third-order valence-electron chi connectivity index (χ3n) is 3.18. The van der Waals surface area contributed by atoms with Crippen LogP contribution in [0, 0.1) is 0 Å². The van der Waals surface area contributed by atoms with Crippen LogP contribution in [0.25, 0.3) is 11.0 Å². The molecule has 3 heteroatoms. The Labute approximate surface area is 125 Å². The molecule has 96 valence electrons. The second-order valence-electron chi connectivity index (χ2n) is 4.49. The van der Waals surface area contributed by atoms with E-state index in [4.69, 9.17) is 16.0 Å². The summed E-state index contributed by atoms with van der Waals surface area (Å²) in [5.74, 6) is 0. The minimum Gasteiger partial charge on any atom is -0.464 e. The van der Waals surface area contributed by atoms with Gasteiger partial charge in [0.15, 0.2) is 0 Å². The van der Waals surface area contributed by atoms with Crippen LogP contribution >= 0.6 is 27.5 Å². The fourth-order valence-electron chi connectivity index (χ4n) is 2.18. The highest BCUT2D eigenvalue weighted by Crippen LogP contribution is 2.34. The highest BCUT2D eigenvalue weighted by molar-refractivity contribution is 9.09. The highest BCUT2D eigenvalue weighted by atomic mass is 79.9. The topological polar surface area (TPSA) is 13.1 Å². The molecule has 3 aromatic rings. The molecule has 0 saturated heterocycles. The summed E-state index contributed by atoms with van der Waals surface area (Å²) in [4.78, 5) is 0.234. The van der Waals surface area contributed by atoms with E-state index in [9.17, 15) is 0 Å². The molecule has 0 bridgehead atoms. The van der Waals surface area contributed by atoms with Gasteiger partial charge in [0.05, 0.1) is 6.26 Å². The second-order valence-corrected chi connectivity index (χ2v) is 6.03. The van der Waals surface area contributed by atoms with Gasteiger partial charge in [-0.2, -0.15) is 0 Å². The van der Waals surface area contributed by atoms with Crippen molar-refractivity contribution in [2.75, 3.05) is 0 Å². The lowest BCUT2D eigenvalue weighted by molar-refractivity contribution is 0.610. The van der Waals surface area contributed by atoms with Gasteiger partial charge in [0.2, 0.25) is 0 Å². The summed E-state index contributed by atoms with van der Waals surface area (Å²) in [6, 6.07) is 16.0. The van der Waals surface area contributed by atoms with Crippen molar-refractivity contribution >= 4 is 38.5 Å². The number of furan rings is 1. The average Bonchev–Trinajstić information content (AvgIpc) is 2.85. The molecule has 0 N–H and O–H groups in total. The first-order chi connectivity index (χ1) is 9.24. The molecule has 1 nitrogen and oxygen atoms in total. The molecule has 3 rings (SSSR count). The van der Waals surface area contributed by atoms with Crippen LogP contribution in [-0.4, -0.2) is 0 Å². The van der Waals surface area contributed by atoms with E-state index in [1.165, 1.54) is 16.5 Å². The number of hydrogen-bond acceptors (Lipinski definition) is 1. The van der Waals surface area contributed by atoms with Gasteiger partial charge in [-0.15, -0.1) is 0 Å². The van der Waals surface area contributed by atoms with E-state index in [1.807, 2.05) is 36.6 Å². The van der Waals surface area contributed by atoms with E-state index >= 15 is 0 Å². The van der Waals surface area contributed by atoms with Gasteiger partial charge in [0.1, 0.15) is 5.58 Å². The van der Waals surface area contributed by atoms with Crippen LogP contribution in [0.3, 0.4) is 0 Å². The molecule has 0 spiro atoms. The van der Waals surface area contributed by atoms with Crippen molar-refractivity contribution in [1.29, 1.82) is 0 Å². The van der Waals surface area contributed by atoms with Crippen LogP contribution < -0.4 is 0 Å². The minimum absolute atomic E-state index is 0.234. The van der Waals surface area contributed by atoms with E-state index in [0.717, 1.165) is 17.0 Å². The number of hydrogen-bond donors (Lipinski definition) is 0. The lowest BCUT2D eigenvalue weighted by Crippen LogP contribution is -1.94. The van der Waals surface area contributed by atoms with Crippen molar-refractivity contribution < 1.29 is 4.42 Å². The number of fused-ring (bicyclic) bond motifs is 1. The molecule has 0 aliphatic carbocycles. The van der Waals surface area contributed by atoms with Crippen molar-refractivity contribution in [1.82, 2.24) is 0 Å². The fourth-order valence-corrected chi connectivity index (χ4v) is 3.03. The molecular weight excluding hydrogens is 324 g/mol. The predicted molar refractivity (Wildman–Crippen MR) is 83.0 cm³/mol.